The lowest BCUT2D eigenvalue weighted by Gasteiger charge is -2.26. The number of ether oxygens (including phenoxy) is 4. The van der Waals surface area contributed by atoms with Crippen LogP contribution in [-0.2, 0) is 18.9 Å². The maximum absolute atomic E-state index is 15.6. The zero-order valence-corrected chi connectivity index (χ0v) is 75.0. The SMILES string of the molecule is CC[C@H]1O[C@@H](n2cc(I)c3c(Cl)ncnc32)[C@](C)(F)[C@@H]1C.CC[C@H]1O[C@@H](n2cc(I)c3c(N)ncnc32)[C@](C)(F)[C@@H]1C.CC[C@H]1O[C@@H](n2cc(I)c3c(NC(=O)c4ccccc4)ncnc32)[C@](C)(F)[C@@H]1C.C[C@@]1(F)[C@H](O)[C@@H](CO)O[C@H]1n1cc(I)c2c(N)ncnc21.Clc1ncnc2[nH]cc(I)c12.Clc1ncnc2[nH]ccc12. The Morgan fingerprint density at radius 3 is 1.31 bits per heavy atom. The summed E-state index contributed by atoms with van der Waals surface area (Å²) in [6.07, 6.45) is 15.3. The van der Waals surface area contributed by atoms with Crippen LogP contribution in [0.4, 0.5) is 35.0 Å². The Labute approximate surface area is 727 Å². The number of aliphatic hydroxyl groups is 2. The van der Waals surface area contributed by atoms with Gasteiger partial charge in [-0.15, -0.1) is 0 Å². The Morgan fingerprint density at radius 1 is 0.496 bits per heavy atom. The molecule has 0 aliphatic carbocycles. The van der Waals surface area contributed by atoms with Crippen LogP contribution >= 0.6 is 148 Å². The third-order valence-electron chi connectivity index (χ3n) is 21.0. The average Bonchev–Trinajstić information content (AvgIpc) is 1.61. The summed E-state index contributed by atoms with van der Waals surface area (Å²) in [5.41, 5.74) is 9.47. The second-order valence-corrected chi connectivity index (χ2v) is 34.8. The Bertz CT molecular complexity index is 5310. The van der Waals surface area contributed by atoms with Crippen LogP contribution in [0.1, 0.15) is 124 Å². The minimum atomic E-state index is -2.07. The van der Waals surface area contributed by atoms with Crippen molar-refractivity contribution in [3.8, 4) is 0 Å². The molecule has 0 unspecified atom stereocenters. The number of aliphatic hydroxyl groups excluding tert-OH is 2. The highest BCUT2D eigenvalue weighted by Crippen LogP contribution is 2.52. The van der Waals surface area contributed by atoms with Crippen LogP contribution in [-0.4, -0.2) is 164 Å². The van der Waals surface area contributed by atoms with Gasteiger partial charge in [-0.05, 0) is 178 Å². The number of nitrogens with two attached hydrogens (primary N) is 2. The summed E-state index contributed by atoms with van der Waals surface area (Å²) in [5, 5.41) is 27.9. The van der Waals surface area contributed by atoms with E-state index >= 15 is 13.2 Å². The minimum Gasteiger partial charge on any atom is -0.394 e. The zero-order valence-electron chi connectivity index (χ0n) is 61.9. The number of halogens is 12. The Hall–Kier alpha value is -5.99. The molecule has 4 fully saturated rings. The number of hydrogen-bond donors (Lipinski definition) is 7. The molecule has 4 saturated heterocycles. The van der Waals surface area contributed by atoms with E-state index in [1.54, 1.807) is 71.1 Å². The average molecular weight is 2180 g/mol. The van der Waals surface area contributed by atoms with Crippen LogP contribution in [0.15, 0.2) is 112 Å². The van der Waals surface area contributed by atoms with Gasteiger partial charge in [-0.3, -0.25) is 4.79 Å². The fourth-order valence-corrected chi connectivity index (χ4v) is 19.1. The molecular weight excluding hydrogens is 2100 g/mol. The number of anilines is 3. The molecule has 600 valence electrons. The predicted molar refractivity (Wildman–Crippen MR) is 465 cm³/mol. The second-order valence-electron chi connectivity index (χ2n) is 27.9. The maximum Gasteiger partial charge on any atom is 0.256 e. The standard InChI is InChI=1S/C21H22FIN4O2.C14H16ClFIN3O.C14H18FIN4O.C12H14FIN4O3.C6H3ClIN3.C6H4ClN3/c1-4-15-12(2)21(3,22)20(29-15)27-10-14(23)16-17(24-11-25-18(16)27)26-19(28)13-8-6-5-7-9-13;1-4-9-7(2)14(3,16)13(21-9)20-5-8(17)10-11(15)18-6-19-12(10)20;1-4-9-7(2)14(3,15)13(21-9)20-5-8(16)10-11(17)18-6-19-12(10)20;1-12(13)8(20)6(3-19)21-11(12)18-2-5(14)7-9(15)16-4-17-10(7)18;7-5-4-3(8)1-9-6(4)11-2-10-5;7-5-4-1-2-8-6(4)10-3-9-5/h5-12,15,20H,4H2,1-3H3,(H,24,25,26,28);5-7,9,13H,4H2,1-3H3;5-7,9,13H,4H2,1-3H3,(H2,17,18,19);2,4,6,8,11,19-20H,3H2,1H3,(H2,15,16,17);1-2H,(H,9,10,11);1-3H,(H,8,9,10)/t12-,15-,20-,21-;2*7-,9-,13-,14-;6-,8-,11-,12-;;/m1111../s1. The molecule has 0 saturated carbocycles. The molecule has 1 amide bonds. The van der Waals surface area contributed by atoms with E-state index in [2.05, 4.69) is 188 Å². The van der Waals surface area contributed by atoms with Gasteiger partial charge in [0.15, 0.2) is 47.6 Å². The molecule has 113 heavy (non-hydrogen) atoms. The van der Waals surface area contributed by atoms with Crippen molar-refractivity contribution in [3.05, 3.63) is 150 Å². The zero-order chi connectivity index (χ0) is 81.7. The number of carbonyl (C=O) groups excluding carboxylic acids is 1. The van der Waals surface area contributed by atoms with Gasteiger partial charge in [-0.2, -0.15) is 0 Å². The van der Waals surface area contributed by atoms with Gasteiger partial charge in [0.1, 0.15) is 117 Å². The number of H-pyrrole nitrogens is 2. The molecule has 0 bridgehead atoms. The quantitative estimate of drug-likeness (QED) is 0.0380. The number of nitrogen functional groups attached to an aromatic ring is 2. The number of benzene rings is 1. The second kappa shape index (κ2) is 35.3. The summed E-state index contributed by atoms with van der Waals surface area (Å²) in [7, 11) is 0. The number of rotatable bonds is 10. The molecule has 0 spiro atoms. The summed E-state index contributed by atoms with van der Waals surface area (Å²) < 4.78 is 95.4. The van der Waals surface area contributed by atoms with E-state index in [0.29, 0.717) is 71.8 Å². The smallest absolute Gasteiger partial charge is 0.256 e. The molecule has 13 aromatic rings. The Balaban J connectivity index is 0.000000129. The summed E-state index contributed by atoms with van der Waals surface area (Å²) in [6.45, 7) is 17.2. The van der Waals surface area contributed by atoms with E-state index in [0.717, 1.165) is 70.0 Å². The number of carbonyl (C=O) groups is 1. The number of alkyl halides is 4. The third-order valence-corrected chi connectivity index (χ3v) is 26.0. The fraction of sp³-hybridized carbons (Fsp3) is 0.411. The topological polar surface area (TPSA) is 364 Å². The first-order valence-corrected chi connectivity index (χ1v) is 42.0. The normalized spacial score (nSPS) is 27.2. The predicted octanol–water partition coefficient (Wildman–Crippen LogP) is 17.0. The van der Waals surface area contributed by atoms with E-state index in [9.17, 15) is 19.4 Å². The molecule has 16 heterocycles. The molecule has 28 nitrogen and oxygen atoms in total. The summed E-state index contributed by atoms with van der Waals surface area (Å²) in [4.78, 5) is 67.4. The number of hydrogen-bond acceptors (Lipinski definition) is 21. The molecule has 4 aliphatic rings. The molecule has 16 atom stereocenters. The Kier molecular flexibility index (Phi) is 27.0. The first-order valence-electron chi connectivity index (χ1n) is 35.4. The number of aromatic nitrogens is 18. The van der Waals surface area contributed by atoms with E-state index in [4.69, 9.17) is 65.2 Å². The van der Waals surface area contributed by atoms with Gasteiger partial charge in [0.2, 0.25) is 0 Å². The lowest BCUT2D eigenvalue weighted by Crippen LogP contribution is -2.40. The molecule has 0 radical (unpaired) electrons. The molecule has 12 aromatic heterocycles. The molecule has 9 N–H and O–H groups in total. The first kappa shape index (κ1) is 86.4. The van der Waals surface area contributed by atoms with Crippen molar-refractivity contribution in [1.82, 2.24) is 88.0 Å². The third kappa shape index (κ3) is 16.8. The number of nitrogens with one attached hydrogen (secondary N) is 3. The molecule has 40 heteroatoms. The van der Waals surface area contributed by atoms with E-state index in [-0.39, 0.29) is 42.0 Å². The van der Waals surface area contributed by atoms with Crippen molar-refractivity contribution in [1.29, 1.82) is 0 Å². The van der Waals surface area contributed by atoms with Crippen LogP contribution in [0, 0.1) is 35.6 Å². The molecular formula is C73H77Cl3F4I5N21O7. The number of amides is 1. The highest BCUT2D eigenvalue weighted by Gasteiger charge is 2.57. The van der Waals surface area contributed by atoms with Gasteiger partial charge in [0.05, 0.1) is 57.2 Å². The van der Waals surface area contributed by atoms with Crippen molar-refractivity contribution in [2.24, 2.45) is 17.8 Å². The summed E-state index contributed by atoms with van der Waals surface area (Å²) in [6, 6.07) is 10.8. The highest BCUT2D eigenvalue weighted by molar-refractivity contribution is 14.1. The van der Waals surface area contributed by atoms with Crippen LogP contribution < -0.4 is 16.8 Å². The van der Waals surface area contributed by atoms with Gasteiger partial charge >= 0.3 is 0 Å². The fourth-order valence-electron chi connectivity index (χ4n) is 14.2. The van der Waals surface area contributed by atoms with Crippen molar-refractivity contribution in [2.75, 3.05) is 23.4 Å². The summed E-state index contributed by atoms with van der Waals surface area (Å²) in [5.74, 6) is 0.225. The van der Waals surface area contributed by atoms with E-state index in [1.807, 2.05) is 78.5 Å². The van der Waals surface area contributed by atoms with E-state index in [1.165, 1.54) is 49.5 Å². The Morgan fingerprint density at radius 2 is 0.876 bits per heavy atom. The molecule has 4 aliphatic heterocycles. The summed E-state index contributed by atoms with van der Waals surface area (Å²) >= 11 is 28.4. The van der Waals surface area contributed by atoms with Crippen LogP contribution in [0.2, 0.25) is 15.5 Å². The van der Waals surface area contributed by atoms with Crippen molar-refractivity contribution in [3.63, 3.8) is 0 Å². The number of fused-ring (bicyclic) bond motifs is 6. The van der Waals surface area contributed by atoms with Crippen molar-refractivity contribution < 1.29 is 51.5 Å². The van der Waals surface area contributed by atoms with Gasteiger partial charge < -0.3 is 74.2 Å². The lowest BCUT2D eigenvalue weighted by atomic mass is 9.88. The van der Waals surface area contributed by atoms with Gasteiger partial charge in [-0.25, -0.2) is 77.4 Å². The molecule has 17 rings (SSSR count). The largest absolute Gasteiger partial charge is 0.394 e. The lowest BCUT2D eigenvalue weighted by molar-refractivity contribution is -0.0564. The highest BCUT2D eigenvalue weighted by atomic mass is 127. The van der Waals surface area contributed by atoms with E-state index < -0.39 is 66.4 Å². The molecule has 1 aromatic carbocycles. The van der Waals surface area contributed by atoms with Gasteiger partial charge in [-0.1, -0.05) is 94.5 Å². The number of nitrogens with zero attached hydrogens (tertiary/aromatic N) is 16. The first-order chi connectivity index (χ1) is 53.6. The van der Waals surface area contributed by atoms with Crippen LogP contribution in [0.25, 0.3) is 66.2 Å². The number of aromatic amines is 2. The maximum atomic E-state index is 15.6. The van der Waals surface area contributed by atoms with Crippen molar-refractivity contribution >= 4 is 237 Å². The van der Waals surface area contributed by atoms with Crippen LogP contribution in [0.3, 0.4) is 0 Å². The van der Waals surface area contributed by atoms with Gasteiger partial charge in [0, 0.05) is 78.3 Å². The minimum absolute atomic E-state index is 0.0979. The van der Waals surface area contributed by atoms with Crippen LogP contribution in [0.5, 0.6) is 0 Å². The van der Waals surface area contributed by atoms with Crippen molar-refractivity contribution in [2.45, 2.75) is 167 Å². The monoisotopic (exact) mass is 2180 g/mol. The van der Waals surface area contributed by atoms with Gasteiger partial charge in [0.25, 0.3) is 5.91 Å².